The van der Waals surface area contributed by atoms with Crippen LogP contribution in [0, 0.1) is 15.9 Å². The Hall–Kier alpha value is -4.41. The molecule has 11 heteroatoms. The second kappa shape index (κ2) is 9.09. The Balaban J connectivity index is 1.67. The molecule has 4 aromatic rings. The Kier molecular flexibility index (Phi) is 5.81. The van der Waals surface area contributed by atoms with E-state index in [0.29, 0.717) is 24.0 Å². The van der Waals surface area contributed by atoms with Crippen molar-refractivity contribution in [2.75, 3.05) is 0 Å². The van der Waals surface area contributed by atoms with E-state index in [9.17, 15) is 24.1 Å². The topological polar surface area (TPSA) is 118 Å². The molecule has 0 aliphatic heterocycles. The van der Waals surface area contributed by atoms with Crippen LogP contribution in [0.25, 0.3) is 11.3 Å². The second-order valence-electron chi connectivity index (χ2n) is 8.46. The van der Waals surface area contributed by atoms with E-state index < -0.39 is 27.7 Å². The summed E-state index contributed by atoms with van der Waals surface area (Å²) in [5.74, 6) is -0.402. The molecule has 0 N–H and O–H groups in total. The van der Waals surface area contributed by atoms with Crippen molar-refractivity contribution in [2.24, 2.45) is 0 Å². The highest BCUT2D eigenvalue weighted by molar-refractivity contribution is 5.68. The third kappa shape index (κ3) is 4.16. The van der Waals surface area contributed by atoms with Gasteiger partial charge in [0, 0.05) is 35.8 Å². The minimum absolute atomic E-state index is 0.0690. The summed E-state index contributed by atoms with van der Waals surface area (Å²) in [4.78, 5) is 42.1. The van der Waals surface area contributed by atoms with Crippen LogP contribution < -0.4 is 11.2 Å². The first-order valence-electron chi connectivity index (χ1n) is 11.1. The SMILES string of the molecule is O=c1c([N+](=O)[O-])c(-c2cnn(Cc3ccccc3F)c2)n(C2CCC2)c(=O)n1Cc1ccncc1. The van der Waals surface area contributed by atoms with E-state index in [1.807, 2.05) is 0 Å². The minimum Gasteiger partial charge on any atom is -0.284 e. The van der Waals surface area contributed by atoms with Crippen LogP contribution in [0.5, 0.6) is 0 Å². The Morgan fingerprint density at radius 2 is 1.83 bits per heavy atom. The van der Waals surface area contributed by atoms with Gasteiger partial charge in [-0.05, 0) is 43.0 Å². The van der Waals surface area contributed by atoms with E-state index in [-0.39, 0.29) is 30.4 Å². The van der Waals surface area contributed by atoms with Crippen LogP contribution in [0.4, 0.5) is 10.1 Å². The average molecular weight is 476 g/mol. The monoisotopic (exact) mass is 476 g/mol. The lowest BCUT2D eigenvalue weighted by atomic mass is 9.92. The summed E-state index contributed by atoms with van der Waals surface area (Å²) in [6.07, 6.45) is 8.12. The lowest BCUT2D eigenvalue weighted by Crippen LogP contribution is -2.44. The van der Waals surface area contributed by atoms with E-state index in [0.717, 1.165) is 11.0 Å². The predicted octanol–water partition coefficient (Wildman–Crippen LogP) is 3.14. The lowest BCUT2D eigenvalue weighted by Gasteiger charge is -2.30. The summed E-state index contributed by atoms with van der Waals surface area (Å²) in [5, 5.41) is 16.4. The van der Waals surface area contributed by atoms with E-state index in [1.54, 1.807) is 30.3 Å². The summed E-state index contributed by atoms with van der Waals surface area (Å²) in [6, 6.07) is 9.25. The Labute approximate surface area is 198 Å². The number of benzene rings is 1. The summed E-state index contributed by atoms with van der Waals surface area (Å²) < 4.78 is 17.8. The van der Waals surface area contributed by atoms with Crippen LogP contribution in [-0.2, 0) is 13.1 Å². The summed E-state index contributed by atoms with van der Waals surface area (Å²) >= 11 is 0. The molecule has 3 heterocycles. The van der Waals surface area contributed by atoms with Crippen molar-refractivity contribution >= 4 is 5.69 Å². The fraction of sp³-hybridized carbons (Fsp3) is 0.250. The number of hydrogen-bond acceptors (Lipinski definition) is 6. The van der Waals surface area contributed by atoms with E-state index in [4.69, 9.17) is 0 Å². The van der Waals surface area contributed by atoms with Gasteiger partial charge in [-0.3, -0.25) is 29.1 Å². The molecule has 0 bridgehead atoms. The highest BCUT2D eigenvalue weighted by Crippen LogP contribution is 2.36. The molecule has 35 heavy (non-hydrogen) atoms. The number of nitro groups is 1. The minimum atomic E-state index is -0.982. The van der Waals surface area contributed by atoms with E-state index in [1.165, 1.54) is 40.1 Å². The molecule has 5 rings (SSSR count). The highest BCUT2D eigenvalue weighted by atomic mass is 19.1. The summed E-state index contributed by atoms with van der Waals surface area (Å²) in [6.45, 7) is -0.0200. The third-order valence-electron chi connectivity index (χ3n) is 6.26. The molecule has 0 unspecified atom stereocenters. The van der Waals surface area contributed by atoms with Crippen molar-refractivity contribution < 1.29 is 9.31 Å². The van der Waals surface area contributed by atoms with Crippen LogP contribution in [0.15, 0.2) is 70.8 Å². The van der Waals surface area contributed by atoms with Gasteiger partial charge in [0.2, 0.25) is 0 Å². The predicted molar refractivity (Wildman–Crippen MR) is 125 cm³/mol. The Morgan fingerprint density at radius 1 is 1.09 bits per heavy atom. The largest absolute Gasteiger partial charge is 0.358 e. The van der Waals surface area contributed by atoms with Crippen LogP contribution in [-0.4, -0.2) is 28.8 Å². The van der Waals surface area contributed by atoms with Gasteiger partial charge in [-0.25, -0.2) is 13.8 Å². The van der Waals surface area contributed by atoms with Gasteiger partial charge in [0.1, 0.15) is 11.5 Å². The van der Waals surface area contributed by atoms with Gasteiger partial charge in [-0.15, -0.1) is 0 Å². The molecular weight excluding hydrogens is 455 g/mol. The molecule has 1 aromatic carbocycles. The molecule has 0 radical (unpaired) electrons. The van der Waals surface area contributed by atoms with Crippen molar-refractivity contribution in [1.29, 1.82) is 0 Å². The molecule has 0 atom stereocenters. The first kappa shape index (κ1) is 22.4. The molecule has 1 saturated carbocycles. The molecule has 0 saturated heterocycles. The van der Waals surface area contributed by atoms with Gasteiger partial charge >= 0.3 is 16.9 Å². The zero-order chi connectivity index (χ0) is 24.5. The fourth-order valence-corrected chi connectivity index (χ4v) is 4.26. The number of aromatic nitrogens is 5. The quantitative estimate of drug-likeness (QED) is 0.299. The van der Waals surface area contributed by atoms with E-state index in [2.05, 4.69) is 10.1 Å². The van der Waals surface area contributed by atoms with Crippen molar-refractivity contribution in [1.82, 2.24) is 23.9 Å². The van der Waals surface area contributed by atoms with E-state index >= 15 is 0 Å². The maximum Gasteiger partial charge on any atom is 0.358 e. The molecular formula is C24H21FN6O4. The normalized spacial score (nSPS) is 13.5. The van der Waals surface area contributed by atoms with Crippen LogP contribution in [0.1, 0.15) is 36.4 Å². The van der Waals surface area contributed by atoms with Crippen LogP contribution in [0.2, 0.25) is 0 Å². The van der Waals surface area contributed by atoms with Crippen molar-refractivity contribution in [2.45, 2.75) is 38.4 Å². The average Bonchev–Trinajstić information content (AvgIpc) is 3.27. The van der Waals surface area contributed by atoms with Crippen molar-refractivity contribution in [3.63, 3.8) is 0 Å². The van der Waals surface area contributed by atoms with Gasteiger partial charge < -0.3 is 0 Å². The maximum absolute atomic E-state index is 14.1. The number of nitrogens with zero attached hydrogens (tertiary/aromatic N) is 6. The maximum atomic E-state index is 14.1. The molecule has 1 aliphatic rings. The van der Waals surface area contributed by atoms with Gasteiger partial charge in [0.15, 0.2) is 0 Å². The van der Waals surface area contributed by atoms with Gasteiger partial charge in [-0.1, -0.05) is 18.2 Å². The molecule has 1 aliphatic carbocycles. The smallest absolute Gasteiger partial charge is 0.284 e. The summed E-state index contributed by atoms with van der Waals surface area (Å²) in [5.41, 5.74) is -1.08. The summed E-state index contributed by atoms with van der Waals surface area (Å²) in [7, 11) is 0. The van der Waals surface area contributed by atoms with Crippen LogP contribution >= 0.6 is 0 Å². The molecule has 178 valence electrons. The second-order valence-corrected chi connectivity index (χ2v) is 8.46. The number of rotatable bonds is 7. The Morgan fingerprint density at radius 3 is 2.49 bits per heavy atom. The number of hydrogen-bond donors (Lipinski definition) is 0. The molecule has 3 aromatic heterocycles. The number of pyridine rings is 1. The number of halogens is 1. The standard InChI is InChI=1S/C24H21FN6O4/c25-20-7-2-1-4-17(20)14-28-15-18(12-27-28)21-22(31(34)35)23(32)29(13-16-8-10-26-11-9-16)24(33)30(21)19-5-3-6-19/h1-2,4,7-12,15,19H,3,5-6,13-14H2. The first-order valence-corrected chi connectivity index (χ1v) is 11.1. The first-order chi connectivity index (χ1) is 16.9. The lowest BCUT2D eigenvalue weighted by molar-refractivity contribution is -0.386. The third-order valence-corrected chi connectivity index (χ3v) is 6.26. The van der Waals surface area contributed by atoms with Gasteiger partial charge in [0.25, 0.3) is 0 Å². The molecule has 0 spiro atoms. The van der Waals surface area contributed by atoms with Gasteiger partial charge in [-0.2, -0.15) is 5.10 Å². The van der Waals surface area contributed by atoms with Gasteiger partial charge in [0.05, 0.1) is 24.2 Å². The van der Waals surface area contributed by atoms with Crippen molar-refractivity contribution in [3.8, 4) is 11.3 Å². The Bertz CT molecular complexity index is 1520. The fourth-order valence-electron chi connectivity index (χ4n) is 4.26. The highest BCUT2D eigenvalue weighted by Gasteiger charge is 2.34. The molecule has 10 nitrogen and oxygen atoms in total. The molecule has 1 fully saturated rings. The zero-order valence-corrected chi connectivity index (χ0v) is 18.6. The molecule has 0 amide bonds. The van der Waals surface area contributed by atoms with Crippen LogP contribution in [0.3, 0.4) is 0 Å². The zero-order valence-electron chi connectivity index (χ0n) is 18.6. The van der Waals surface area contributed by atoms with Crippen molar-refractivity contribution in [3.05, 3.63) is 109 Å².